The van der Waals surface area contributed by atoms with Crippen LogP contribution in [0.2, 0.25) is 0 Å². The Morgan fingerprint density at radius 1 is 1.06 bits per heavy atom. The van der Waals surface area contributed by atoms with E-state index in [2.05, 4.69) is 10.6 Å². The Labute approximate surface area is 291 Å². The number of nitrogens with one attached hydrogen (secondary N) is 2. The van der Waals surface area contributed by atoms with Crippen molar-refractivity contribution in [2.24, 2.45) is 5.92 Å². The van der Waals surface area contributed by atoms with Gasteiger partial charge in [0.15, 0.2) is 11.5 Å². The minimum Gasteiger partial charge on any atom is -0.490 e. The lowest BCUT2D eigenvalue weighted by atomic mass is 10.0. The van der Waals surface area contributed by atoms with Gasteiger partial charge in [0.2, 0.25) is 6.79 Å². The third-order valence-electron chi connectivity index (χ3n) is 8.54. The number of anilines is 2. The first-order valence-electron chi connectivity index (χ1n) is 16.3. The van der Waals surface area contributed by atoms with Crippen molar-refractivity contribution < 1.29 is 42.1 Å². The van der Waals surface area contributed by atoms with Crippen LogP contribution in [0.15, 0.2) is 58.1 Å². The van der Waals surface area contributed by atoms with Gasteiger partial charge in [0.25, 0.3) is 15.9 Å². The van der Waals surface area contributed by atoms with Crippen LogP contribution in [0.3, 0.4) is 0 Å². The Morgan fingerprint density at radius 2 is 1.78 bits per heavy atom. The van der Waals surface area contributed by atoms with E-state index in [0.29, 0.717) is 41.7 Å². The molecule has 49 heavy (non-hydrogen) atoms. The number of amides is 3. The Bertz CT molecular complexity index is 1700. The van der Waals surface area contributed by atoms with Crippen molar-refractivity contribution in [2.45, 2.75) is 62.5 Å². The fraction of sp³-hybridized carbons (Fsp3) is 0.471. The molecule has 0 bridgehead atoms. The van der Waals surface area contributed by atoms with Gasteiger partial charge in [-0.1, -0.05) is 13.0 Å². The number of aliphatic hydroxyl groups is 1. The molecule has 266 valence electrons. The summed E-state index contributed by atoms with van der Waals surface area (Å²) in [6, 6.07) is 12.1. The maximum absolute atomic E-state index is 14.4. The molecule has 4 atom stereocenters. The summed E-state index contributed by atoms with van der Waals surface area (Å²) in [5.74, 6) is 0.740. The van der Waals surface area contributed by atoms with Gasteiger partial charge in [-0.25, -0.2) is 13.2 Å². The van der Waals surface area contributed by atoms with Crippen LogP contribution in [0.25, 0.3) is 0 Å². The van der Waals surface area contributed by atoms with Crippen molar-refractivity contribution in [1.29, 1.82) is 0 Å². The number of ether oxygens (including phenoxy) is 4. The van der Waals surface area contributed by atoms with Gasteiger partial charge in [0.1, 0.15) is 9.96 Å². The van der Waals surface area contributed by atoms with Crippen molar-refractivity contribution in [3.63, 3.8) is 0 Å². The van der Waals surface area contributed by atoms with E-state index in [1.54, 1.807) is 65.7 Å². The number of hydrogen-bond acceptors (Lipinski definition) is 10. The third-order valence-corrected chi connectivity index (χ3v) is 11.7. The maximum Gasteiger partial charge on any atom is 0.323 e. The molecule has 3 aromatic rings. The van der Waals surface area contributed by atoms with E-state index in [1.165, 1.54) is 11.4 Å². The van der Waals surface area contributed by atoms with Crippen molar-refractivity contribution in [1.82, 2.24) is 9.21 Å². The number of rotatable bonds is 8. The summed E-state index contributed by atoms with van der Waals surface area (Å²) in [5, 5.41) is 17.5. The molecule has 2 aliphatic heterocycles. The first-order chi connectivity index (χ1) is 23.5. The summed E-state index contributed by atoms with van der Waals surface area (Å²) in [4.78, 5) is 28.9. The minimum atomic E-state index is -3.73. The molecule has 5 rings (SSSR count). The zero-order valence-electron chi connectivity index (χ0n) is 28.1. The van der Waals surface area contributed by atoms with Gasteiger partial charge in [-0.3, -0.25) is 4.79 Å². The Balaban J connectivity index is 1.39. The van der Waals surface area contributed by atoms with Gasteiger partial charge in [0, 0.05) is 50.1 Å². The minimum absolute atomic E-state index is 0.0829. The van der Waals surface area contributed by atoms with E-state index in [0.717, 1.165) is 24.2 Å². The summed E-state index contributed by atoms with van der Waals surface area (Å²) in [5.41, 5.74) is 1.07. The molecule has 13 nitrogen and oxygen atoms in total. The topological polar surface area (TPSA) is 156 Å². The van der Waals surface area contributed by atoms with Gasteiger partial charge >= 0.3 is 6.03 Å². The van der Waals surface area contributed by atoms with Crippen LogP contribution in [0.1, 0.15) is 50.4 Å². The molecule has 1 aromatic heterocycles. The van der Waals surface area contributed by atoms with Crippen LogP contribution in [-0.4, -0.2) is 93.1 Å². The van der Waals surface area contributed by atoms with E-state index in [9.17, 15) is 23.1 Å². The molecule has 0 saturated heterocycles. The van der Waals surface area contributed by atoms with Gasteiger partial charge in [0.05, 0.1) is 30.4 Å². The van der Waals surface area contributed by atoms with Gasteiger partial charge < -0.3 is 39.6 Å². The number of benzene rings is 2. The van der Waals surface area contributed by atoms with Crippen LogP contribution in [0.5, 0.6) is 17.2 Å². The summed E-state index contributed by atoms with van der Waals surface area (Å²) in [6.07, 6.45) is 1.45. The number of likely N-dealkylation sites (N-methyl/N-ethyl adjacent to an activating group) is 1. The van der Waals surface area contributed by atoms with Crippen molar-refractivity contribution >= 4 is 44.7 Å². The van der Waals surface area contributed by atoms with Crippen molar-refractivity contribution in [3.8, 4) is 17.2 Å². The van der Waals surface area contributed by atoms with Crippen LogP contribution in [0.4, 0.5) is 16.2 Å². The Morgan fingerprint density at radius 3 is 2.49 bits per heavy atom. The van der Waals surface area contributed by atoms with Gasteiger partial charge in [-0.05, 0) is 74.9 Å². The fourth-order valence-electron chi connectivity index (χ4n) is 5.65. The Kier molecular flexibility index (Phi) is 12.0. The van der Waals surface area contributed by atoms with Crippen LogP contribution < -0.4 is 24.8 Å². The monoisotopic (exact) mass is 716 g/mol. The number of fused-ring (bicyclic) bond motifs is 2. The van der Waals surface area contributed by atoms with Crippen LogP contribution >= 0.6 is 11.3 Å². The van der Waals surface area contributed by atoms with Gasteiger partial charge in [-0.2, -0.15) is 4.31 Å². The molecule has 0 spiro atoms. The molecule has 2 aliphatic rings. The molecule has 0 aliphatic carbocycles. The highest BCUT2D eigenvalue weighted by Gasteiger charge is 2.32. The lowest BCUT2D eigenvalue weighted by molar-refractivity contribution is -0.00832. The first-order valence-corrected chi connectivity index (χ1v) is 18.6. The quantitative estimate of drug-likeness (QED) is 0.284. The number of aliphatic hydroxyl groups excluding tert-OH is 1. The predicted molar refractivity (Wildman–Crippen MR) is 186 cm³/mol. The molecule has 0 radical (unpaired) electrons. The van der Waals surface area contributed by atoms with Gasteiger partial charge in [-0.15, -0.1) is 11.3 Å². The summed E-state index contributed by atoms with van der Waals surface area (Å²) in [6.45, 7) is 6.04. The summed E-state index contributed by atoms with van der Waals surface area (Å²) in [7, 11) is -2.20. The van der Waals surface area contributed by atoms with Crippen molar-refractivity contribution in [3.05, 3.63) is 59.5 Å². The van der Waals surface area contributed by atoms with E-state index in [1.807, 2.05) is 13.8 Å². The normalized spacial score (nSPS) is 21.0. The second kappa shape index (κ2) is 16.2. The zero-order valence-corrected chi connectivity index (χ0v) is 29.7. The first kappa shape index (κ1) is 36.4. The smallest absolute Gasteiger partial charge is 0.323 e. The zero-order chi connectivity index (χ0) is 35.1. The highest BCUT2D eigenvalue weighted by Crippen LogP contribution is 2.34. The highest BCUT2D eigenvalue weighted by molar-refractivity contribution is 7.91. The molecule has 0 fully saturated rings. The lowest BCUT2D eigenvalue weighted by Crippen LogP contribution is -2.48. The molecular formula is C34H44N4O9S2. The Hall–Kier alpha value is -3.89. The second-order valence-corrected chi connectivity index (χ2v) is 15.6. The molecule has 3 amide bonds. The summed E-state index contributed by atoms with van der Waals surface area (Å²) < 4.78 is 51.4. The highest BCUT2D eigenvalue weighted by atomic mass is 32.2. The average Bonchev–Trinajstić information content (AvgIpc) is 3.79. The van der Waals surface area contributed by atoms with E-state index in [4.69, 9.17) is 18.9 Å². The molecule has 0 saturated carbocycles. The maximum atomic E-state index is 14.4. The molecule has 2 aromatic carbocycles. The standard InChI is InChI=1S/C34H44N4O9S2/c1-22-18-38(23(2)20-39)33(40)27-16-25(35-34(41)36-26-11-13-29-30(17-26)46-21-45-29)10-12-28(27)47-24(3)8-5-6-14-44-31(22)19-37(4)49(42,43)32-9-7-15-48-32/h7,9-13,15-17,22-24,31,39H,5-6,8,14,18-21H2,1-4H3,(H2,35,36,41)/t22-,23+,24+,31+/m0/s1. The largest absolute Gasteiger partial charge is 0.490 e. The number of hydrogen-bond donors (Lipinski definition) is 3. The molecule has 3 heterocycles. The van der Waals surface area contributed by atoms with Crippen LogP contribution in [0, 0.1) is 5.92 Å². The van der Waals surface area contributed by atoms with Crippen LogP contribution in [-0.2, 0) is 14.8 Å². The molecular weight excluding hydrogens is 673 g/mol. The number of urea groups is 1. The number of sulfonamides is 1. The molecule has 3 N–H and O–H groups in total. The predicted octanol–water partition coefficient (Wildman–Crippen LogP) is 5.24. The third kappa shape index (κ3) is 9.02. The average molecular weight is 717 g/mol. The SMILES string of the molecule is C[C@@H]1CCCCO[C@H](CN(C)S(=O)(=O)c2cccs2)[C@@H](C)CN([C@H](C)CO)C(=O)c2cc(NC(=O)Nc3ccc4c(c3)OCO4)ccc2O1. The van der Waals surface area contributed by atoms with Crippen molar-refractivity contribution in [2.75, 3.05) is 50.8 Å². The second-order valence-electron chi connectivity index (χ2n) is 12.4. The molecule has 15 heteroatoms. The fourth-order valence-corrected chi connectivity index (χ4v) is 8.03. The molecule has 0 unspecified atom stereocenters. The number of thiophene rings is 1. The summed E-state index contributed by atoms with van der Waals surface area (Å²) >= 11 is 1.15. The van der Waals surface area contributed by atoms with E-state index in [-0.39, 0.29) is 48.3 Å². The van der Waals surface area contributed by atoms with E-state index >= 15 is 0 Å². The lowest BCUT2D eigenvalue weighted by Gasteiger charge is -2.35. The number of carbonyl (C=O) groups excluding carboxylic acids is 2. The number of nitrogens with zero attached hydrogens (tertiary/aromatic N) is 2. The van der Waals surface area contributed by atoms with E-state index < -0.39 is 34.1 Å². The number of carbonyl (C=O) groups is 2.